The van der Waals surface area contributed by atoms with Crippen LogP contribution in [0.3, 0.4) is 0 Å². The maximum absolute atomic E-state index is 15.1. The van der Waals surface area contributed by atoms with Crippen LogP contribution in [0.4, 0.5) is 4.39 Å². The minimum absolute atomic E-state index is 0.112. The summed E-state index contributed by atoms with van der Waals surface area (Å²) in [7, 11) is 0. The van der Waals surface area contributed by atoms with E-state index in [-0.39, 0.29) is 23.5 Å². The van der Waals surface area contributed by atoms with Crippen LogP contribution in [0.5, 0.6) is 0 Å². The Morgan fingerprint density at radius 1 is 1.13 bits per heavy atom. The third-order valence-corrected chi connectivity index (χ3v) is 6.32. The summed E-state index contributed by atoms with van der Waals surface area (Å²) in [4.78, 5) is 24.7. The average molecular weight is 435 g/mol. The molecule has 0 saturated heterocycles. The fraction of sp³-hybridized carbons (Fsp3) is 0.391. The van der Waals surface area contributed by atoms with Crippen molar-refractivity contribution in [2.45, 2.75) is 50.7 Å². The van der Waals surface area contributed by atoms with Gasteiger partial charge in [0.1, 0.15) is 5.82 Å². The molecule has 3 N–H and O–H groups in total. The van der Waals surface area contributed by atoms with Gasteiger partial charge in [0.15, 0.2) is 5.78 Å². The van der Waals surface area contributed by atoms with Gasteiger partial charge in [-0.25, -0.2) is 9.18 Å². The molecule has 3 rings (SSSR count). The maximum atomic E-state index is 15.1. The number of ketones is 1. The Kier molecular flexibility index (Phi) is 6.60. The van der Waals surface area contributed by atoms with Gasteiger partial charge in [-0.05, 0) is 80.0 Å². The van der Waals surface area contributed by atoms with Gasteiger partial charge in [0.25, 0.3) is 0 Å². The van der Waals surface area contributed by atoms with Crippen LogP contribution in [0.2, 0.25) is 5.02 Å². The average Bonchev–Trinajstić information content (AvgIpc) is 2.73. The van der Waals surface area contributed by atoms with Crippen molar-refractivity contribution in [3.05, 3.63) is 69.5 Å². The number of halogens is 2. The minimum atomic E-state index is -1.45. The topological polar surface area (TPSA) is 94.8 Å². The number of benzene rings is 2. The molecule has 1 atom stereocenters. The second-order valence-corrected chi connectivity index (χ2v) is 8.24. The molecule has 1 aliphatic rings. The molecule has 2 aromatic carbocycles. The van der Waals surface area contributed by atoms with Crippen LogP contribution in [0.15, 0.2) is 36.4 Å². The number of carboxylic acid groups (broad SMARTS) is 1. The number of aromatic carboxylic acids is 1. The molecule has 0 aliphatic heterocycles. The van der Waals surface area contributed by atoms with E-state index in [0.717, 1.165) is 6.07 Å². The van der Waals surface area contributed by atoms with Crippen molar-refractivity contribution in [2.75, 3.05) is 0 Å². The fourth-order valence-corrected chi connectivity index (χ4v) is 4.41. The van der Waals surface area contributed by atoms with Gasteiger partial charge >= 0.3 is 5.97 Å². The zero-order valence-corrected chi connectivity index (χ0v) is 17.3. The van der Waals surface area contributed by atoms with Crippen LogP contribution in [-0.2, 0) is 5.60 Å². The Morgan fingerprint density at radius 3 is 2.27 bits per heavy atom. The molecule has 160 valence electrons. The van der Waals surface area contributed by atoms with Crippen LogP contribution in [-0.4, -0.2) is 33.2 Å². The Balaban J connectivity index is 2.07. The summed E-state index contributed by atoms with van der Waals surface area (Å²) in [6.45, 7) is 1.75. The highest BCUT2D eigenvalue weighted by Gasteiger charge is 2.40. The first-order valence-corrected chi connectivity index (χ1v) is 10.3. The van der Waals surface area contributed by atoms with E-state index in [4.69, 9.17) is 11.6 Å². The maximum Gasteiger partial charge on any atom is 0.336 e. The first kappa shape index (κ1) is 22.4. The molecule has 0 bridgehead atoms. The molecule has 1 unspecified atom stereocenters. The van der Waals surface area contributed by atoms with Gasteiger partial charge in [-0.2, -0.15) is 0 Å². The summed E-state index contributed by atoms with van der Waals surface area (Å²) >= 11 is 5.82. The number of carboxylic acids is 1. The predicted molar refractivity (Wildman–Crippen MR) is 110 cm³/mol. The van der Waals surface area contributed by atoms with E-state index in [1.54, 1.807) is 6.92 Å². The Bertz CT molecular complexity index is 951. The first-order valence-electron chi connectivity index (χ1n) is 9.95. The fourth-order valence-electron chi connectivity index (χ4n) is 4.28. The lowest BCUT2D eigenvalue weighted by molar-refractivity contribution is -0.0559. The van der Waals surface area contributed by atoms with Crippen LogP contribution in [0, 0.1) is 11.7 Å². The molecule has 0 aromatic heterocycles. The number of aliphatic hydroxyl groups excluding tert-OH is 1. The molecule has 0 amide bonds. The molecule has 1 saturated carbocycles. The van der Waals surface area contributed by atoms with Gasteiger partial charge in [-0.1, -0.05) is 18.5 Å². The number of hydrogen-bond acceptors (Lipinski definition) is 4. The highest BCUT2D eigenvalue weighted by Crippen LogP contribution is 2.42. The SMILES string of the molecule is CCC(O)(c1cc(F)c(C(=O)c2ccc(Cl)cc2)c(C(=O)O)c1)C1CCC(O)CC1. The van der Waals surface area contributed by atoms with Gasteiger partial charge in [0.2, 0.25) is 0 Å². The van der Waals surface area contributed by atoms with Crippen molar-refractivity contribution in [3.63, 3.8) is 0 Å². The second kappa shape index (κ2) is 8.84. The van der Waals surface area contributed by atoms with E-state index in [2.05, 4.69) is 0 Å². The monoisotopic (exact) mass is 434 g/mol. The Morgan fingerprint density at radius 2 is 1.73 bits per heavy atom. The smallest absolute Gasteiger partial charge is 0.336 e. The Hall–Kier alpha value is -2.28. The van der Waals surface area contributed by atoms with Crippen LogP contribution >= 0.6 is 11.6 Å². The molecule has 5 nitrogen and oxygen atoms in total. The zero-order chi connectivity index (χ0) is 22.1. The summed E-state index contributed by atoms with van der Waals surface area (Å²) < 4.78 is 15.1. The highest BCUT2D eigenvalue weighted by molar-refractivity contribution is 6.30. The molecule has 1 fully saturated rings. The number of carbonyl (C=O) groups excluding carboxylic acids is 1. The number of rotatable bonds is 6. The molecule has 7 heteroatoms. The summed E-state index contributed by atoms with van der Waals surface area (Å²) in [6, 6.07) is 8.00. The van der Waals surface area contributed by atoms with Crippen LogP contribution in [0.25, 0.3) is 0 Å². The molecule has 2 aromatic rings. The molecule has 0 heterocycles. The number of aliphatic hydroxyl groups is 2. The third kappa shape index (κ3) is 4.26. The van der Waals surface area contributed by atoms with Crippen molar-refractivity contribution in [3.8, 4) is 0 Å². The van der Waals surface area contributed by atoms with E-state index in [9.17, 15) is 24.9 Å². The van der Waals surface area contributed by atoms with Gasteiger partial charge < -0.3 is 15.3 Å². The van der Waals surface area contributed by atoms with Crippen LogP contribution < -0.4 is 0 Å². The highest BCUT2D eigenvalue weighted by atomic mass is 35.5. The van der Waals surface area contributed by atoms with E-state index >= 15 is 4.39 Å². The third-order valence-electron chi connectivity index (χ3n) is 6.07. The molecular weight excluding hydrogens is 411 g/mol. The van der Waals surface area contributed by atoms with E-state index in [1.807, 2.05) is 0 Å². The lowest BCUT2D eigenvalue weighted by Gasteiger charge is -2.39. The lowest BCUT2D eigenvalue weighted by atomic mass is 9.71. The molecule has 30 heavy (non-hydrogen) atoms. The van der Waals surface area contributed by atoms with Crippen molar-refractivity contribution < 1.29 is 29.3 Å². The zero-order valence-electron chi connectivity index (χ0n) is 16.6. The van der Waals surface area contributed by atoms with Gasteiger partial charge in [0, 0.05) is 10.6 Å². The largest absolute Gasteiger partial charge is 0.478 e. The van der Waals surface area contributed by atoms with Crippen molar-refractivity contribution in [1.29, 1.82) is 0 Å². The van der Waals surface area contributed by atoms with Crippen molar-refractivity contribution >= 4 is 23.4 Å². The predicted octanol–water partition coefficient (Wildman–Crippen LogP) is 4.56. The molecule has 1 aliphatic carbocycles. The van der Waals surface area contributed by atoms with E-state index in [1.165, 1.54) is 30.3 Å². The first-order chi connectivity index (χ1) is 14.2. The summed E-state index contributed by atoms with van der Waals surface area (Å²) in [5.41, 5.74) is -2.25. The summed E-state index contributed by atoms with van der Waals surface area (Å²) in [5, 5.41) is 31.2. The van der Waals surface area contributed by atoms with Crippen molar-refractivity contribution in [1.82, 2.24) is 0 Å². The standard InChI is InChI=1S/C23H24ClFO5/c1-2-23(30,14-5-9-17(26)10-6-14)15-11-18(22(28)29)20(19(25)12-15)21(27)13-3-7-16(24)8-4-13/h3-4,7-8,11-12,14,17,26,30H,2,5-6,9-10H2,1H3,(H,28,29). The van der Waals surface area contributed by atoms with Gasteiger partial charge in [-0.15, -0.1) is 0 Å². The van der Waals surface area contributed by atoms with E-state index in [0.29, 0.717) is 30.7 Å². The summed E-state index contributed by atoms with van der Waals surface area (Å²) in [5.74, 6) is -3.46. The van der Waals surface area contributed by atoms with Gasteiger partial charge in [0.05, 0.1) is 22.8 Å². The minimum Gasteiger partial charge on any atom is -0.478 e. The van der Waals surface area contributed by atoms with E-state index < -0.39 is 40.4 Å². The number of carbonyl (C=O) groups is 2. The quantitative estimate of drug-likeness (QED) is 0.579. The molecule has 0 radical (unpaired) electrons. The van der Waals surface area contributed by atoms with Crippen LogP contribution in [0.1, 0.15) is 70.9 Å². The van der Waals surface area contributed by atoms with Gasteiger partial charge in [-0.3, -0.25) is 4.79 Å². The summed E-state index contributed by atoms with van der Waals surface area (Å²) in [6.07, 6.45) is 1.95. The number of hydrogen-bond donors (Lipinski definition) is 3. The normalized spacial score (nSPS) is 21.1. The Labute approximate surface area is 179 Å². The second-order valence-electron chi connectivity index (χ2n) is 7.81. The van der Waals surface area contributed by atoms with Crippen molar-refractivity contribution in [2.24, 2.45) is 5.92 Å². The molecular formula is C23H24ClFO5. The lowest BCUT2D eigenvalue weighted by Crippen LogP contribution is -2.38. The molecule has 0 spiro atoms.